The van der Waals surface area contributed by atoms with Crippen LogP contribution in [0.15, 0.2) is 36.4 Å². The molecule has 3 aliphatic heterocycles. The molecule has 0 aliphatic carbocycles. The van der Waals surface area contributed by atoms with E-state index in [0.717, 1.165) is 29.5 Å². The van der Waals surface area contributed by atoms with E-state index in [1.54, 1.807) is 43.9 Å². The Labute approximate surface area is 253 Å². The van der Waals surface area contributed by atoms with Crippen LogP contribution >= 0.6 is 0 Å². The number of rotatable bonds is 7. The maximum absolute atomic E-state index is 13.4. The fraction of sp³-hybridized carbons (Fsp3) is 0.545. The molecule has 0 saturated carbocycles. The summed E-state index contributed by atoms with van der Waals surface area (Å²) in [7, 11) is 0. The maximum atomic E-state index is 13.4. The molecule has 10 heteroatoms. The summed E-state index contributed by atoms with van der Waals surface area (Å²) in [6.07, 6.45) is 0.711. The first-order valence-electron chi connectivity index (χ1n) is 15.2. The molecule has 3 aliphatic rings. The lowest BCUT2D eigenvalue weighted by Crippen LogP contribution is -2.54. The van der Waals surface area contributed by atoms with Crippen LogP contribution in [-0.2, 0) is 22.4 Å². The van der Waals surface area contributed by atoms with Crippen molar-refractivity contribution < 1.29 is 33.7 Å². The van der Waals surface area contributed by atoms with Crippen molar-refractivity contribution in [3.63, 3.8) is 0 Å². The summed E-state index contributed by atoms with van der Waals surface area (Å²) < 4.78 is 17.1. The van der Waals surface area contributed by atoms with Gasteiger partial charge in [-0.2, -0.15) is 0 Å². The summed E-state index contributed by atoms with van der Waals surface area (Å²) in [4.78, 5) is 43.4. The molecular weight excluding hydrogens is 550 g/mol. The van der Waals surface area contributed by atoms with E-state index in [2.05, 4.69) is 5.32 Å². The molecule has 2 N–H and O–H groups in total. The van der Waals surface area contributed by atoms with Gasteiger partial charge in [0.1, 0.15) is 11.4 Å². The summed E-state index contributed by atoms with van der Waals surface area (Å²) in [6, 6.07) is 10.5. The van der Waals surface area contributed by atoms with Crippen LogP contribution in [0.1, 0.15) is 77.9 Å². The lowest BCUT2D eigenvalue weighted by molar-refractivity contribution is -0.0113. The van der Waals surface area contributed by atoms with Crippen molar-refractivity contribution in [2.45, 2.75) is 90.3 Å². The maximum Gasteiger partial charge on any atom is 0.410 e. The van der Waals surface area contributed by atoms with Gasteiger partial charge in [-0.1, -0.05) is 23.8 Å². The van der Waals surface area contributed by atoms with Gasteiger partial charge < -0.3 is 29.5 Å². The van der Waals surface area contributed by atoms with Crippen molar-refractivity contribution in [1.82, 2.24) is 15.1 Å². The van der Waals surface area contributed by atoms with Gasteiger partial charge >= 0.3 is 6.09 Å². The molecule has 2 aromatic rings. The topological polar surface area (TPSA) is 118 Å². The first-order chi connectivity index (χ1) is 20.4. The molecule has 0 radical (unpaired) electrons. The zero-order chi connectivity index (χ0) is 30.9. The van der Waals surface area contributed by atoms with Gasteiger partial charge in [-0.25, -0.2) is 4.79 Å². The highest BCUT2D eigenvalue weighted by atomic mass is 16.6. The Bertz CT molecular complexity index is 1350. The van der Waals surface area contributed by atoms with Crippen molar-refractivity contribution in [2.24, 2.45) is 0 Å². The average molecular weight is 594 g/mol. The Morgan fingerprint density at radius 3 is 2.47 bits per heavy atom. The first-order valence-corrected chi connectivity index (χ1v) is 15.2. The number of nitrogens with one attached hydrogen (secondary N) is 1. The summed E-state index contributed by atoms with van der Waals surface area (Å²) in [5.74, 6) is -0.226. The summed E-state index contributed by atoms with van der Waals surface area (Å²) >= 11 is 0. The van der Waals surface area contributed by atoms with Gasteiger partial charge in [-0.3, -0.25) is 14.5 Å². The lowest BCUT2D eigenvalue weighted by atomic mass is 9.90. The third-order valence-corrected chi connectivity index (χ3v) is 8.32. The molecule has 5 rings (SSSR count). The molecule has 3 heterocycles. The van der Waals surface area contributed by atoms with Gasteiger partial charge in [-0.05, 0) is 83.2 Å². The molecular formula is C33H43N3O7. The third kappa shape index (κ3) is 6.80. The van der Waals surface area contributed by atoms with E-state index in [4.69, 9.17) is 14.2 Å². The Balaban J connectivity index is 1.30. The van der Waals surface area contributed by atoms with E-state index < -0.39 is 29.7 Å². The molecule has 232 valence electrons. The van der Waals surface area contributed by atoms with Gasteiger partial charge in [0.15, 0.2) is 0 Å². The number of carbonyl (C=O) groups excluding carboxylic acids is 3. The number of amides is 3. The van der Waals surface area contributed by atoms with E-state index in [0.29, 0.717) is 44.1 Å². The van der Waals surface area contributed by atoms with Gasteiger partial charge in [0, 0.05) is 18.7 Å². The van der Waals surface area contributed by atoms with Crippen LogP contribution in [0.25, 0.3) is 0 Å². The Morgan fingerprint density at radius 1 is 1.07 bits per heavy atom. The Kier molecular flexibility index (Phi) is 8.99. The van der Waals surface area contributed by atoms with E-state index >= 15 is 0 Å². The summed E-state index contributed by atoms with van der Waals surface area (Å²) in [5, 5.41) is 14.1. The quantitative estimate of drug-likeness (QED) is 0.501. The lowest BCUT2D eigenvalue weighted by Gasteiger charge is -2.40. The number of fused-ring (bicyclic) bond motifs is 3. The molecule has 4 atom stereocenters. The van der Waals surface area contributed by atoms with Crippen LogP contribution in [0.3, 0.4) is 0 Å². The molecule has 2 saturated heterocycles. The van der Waals surface area contributed by atoms with Crippen molar-refractivity contribution >= 4 is 17.9 Å². The van der Waals surface area contributed by atoms with Gasteiger partial charge in [0.2, 0.25) is 0 Å². The number of aliphatic hydroxyl groups excluding tert-OH is 1. The summed E-state index contributed by atoms with van der Waals surface area (Å²) in [5.41, 5.74) is 3.18. The van der Waals surface area contributed by atoms with Crippen molar-refractivity contribution in [2.75, 3.05) is 26.4 Å². The molecule has 2 fully saturated rings. The van der Waals surface area contributed by atoms with Gasteiger partial charge in [0.05, 0.1) is 49.6 Å². The molecule has 0 unspecified atom stereocenters. The molecule has 3 amide bonds. The molecule has 2 aromatic carbocycles. The highest BCUT2D eigenvalue weighted by Gasteiger charge is 2.41. The fourth-order valence-electron chi connectivity index (χ4n) is 6.26. The van der Waals surface area contributed by atoms with Crippen LogP contribution < -0.4 is 10.1 Å². The largest absolute Gasteiger partial charge is 0.493 e. The average Bonchev–Trinajstić information content (AvgIpc) is 3.21. The second-order valence-electron chi connectivity index (χ2n) is 12.7. The van der Waals surface area contributed by atoms with Crippen LogP contribution in [0, 0.1) is 6.92 Å². The minimum Gasteiger partial charge on any atom is -0.493 e. The molecule has 0 aromatic heterocycles. The zero-order valence-electron chi connectivity index (χ0n) is 25.7. The van der Waals surface area contributed by atoms with Crippen LogP contribution in [0.2, 0.25) is 0 Å². The first kappa shape index (κ1) is 30.8. The van der Waals surface area contributed by atoms with E-state index in [9.17, 15) is 19.5 Å². The number of ether oxygens (including phenoxy) is 3. The number of hydrogen-bond acceptors (Lipinski definition) is 7. The van der Waals surface area contributed by atoms with E-state index in [-0.39, 0.29) is 30.1 Å². The molecule has 0 spiro atoms. The predicted octanol–water partition coefficient (Wildman–Crippen LogP) is 3.85. The predicted molar refractivity (Wildman–Crippen MR) is 160 cm³/mol. The van der Waals surface area contributed by atoms with Crippen LogP contribution in [-0.4, -0.2) is 89.0 Å². The fourth-order valence-corrected chi connectivity index (χ4v) is 6.26. The van der Waals surface area contributed by atoms with E-state index in [1.165, 1.54) is 0 Å². The smallest absolute Gasteiger partial charge is 0.410 e. The minimum absolute atomic E-state index is 0.0716. The number of nitrogens with zero attached hydrogens (tertiary/aromatic N) is 2. The van der Waals surface area contributed by atoms with Crippen molar-refractivity contribution in [3.05, 3.63) is 64.2 Å². The highest BCUT2D eigenvalue weighted by molar-refractivity contribution is 6.00. The standard InChI is InChI=1S/C33H43N3O7/c1-6-42-29-15-22(31(39)36-24-10-11-25(36)19-41-18-24)9-12-26(29)30(38)34-16-28(37)27-14-21-8-7-20(2)13-23(21)17-35(27)32(40)43-33(3,4)5/h7-9,12-13,15,24-25,27-28,37H,6,10-11,14,16-19H2,1-5H3,(H,34,38)/t24-,25-,27-,28+/m0/s1. The monoisotopic (exact) mass is 593 g/mol. The van der Waals surface area contributed by atoms with E-state index in [1.807, 2.05) is 36.9 Å². The van der Waals surface area contributed by atoms with Gasteiger partial charge in [0.25, 0.3) is 11.8 Å². The second-order valence-corrected chi connectivity index (χ2v) is 12.7. The summed E-state index contributed by atoms with van der Waals surface area (Å²) in [6.45, 7) is 10.8. The number of morpholine rings is 1. The minimum atomic E-state index is -1.06. The number of aryl methyl sites for hydroxylation is 1. The Hall–Kier alpha value is -3.63. The van der Waals surface area contributed by atoms with Crippen molar-refractivity contribution in [3.8, 4) is 5.75 Å². The number of carbonyl (C=O) groups is 3. The van der Waals surface area contributed by atoms with Crippen LogP contribution in [0.4, 0.5) is 4.79 Å². The molecule has 10 nitrogen and oxygen atoms in total. The zero-order valence-corrected chi connectivity index (χ0v) is 25.7. The highest BCUT2D eigenvalue weighted by Crippen LogP contribution is 2.32. The normalized spacial score (nSPS) is 22.0. The second kappa shape index (κ2) is 12.5. The van der Waals surface area contributed by atoms with Crippen LogP contribution in [0.5, 0.6) is 5.75 Å². The molecule has 43 heavy (non-hydrogen) atoms. The number of hydrogen-bond donors (Lipinski definition) is 2. The van der Waals surface area contributed by atoms with Gasteiger partial charge in [-0.15, -0.1) is 0 Å². The Morgan fingerprint density at radius 2 is 1.79 bits per heavy atom. The number of aliphatic hydroxyl groups is 1. The number of benzene rings is 2. The van der Waals surface area contributed by atoms with Crippen molar-refractivity contribution in [1.29, 1.82) is 0 Å². The third-order valence-electron chi connectivity index (χ3n) is 8.32. The molecule has 2 bridgehead atoms. The SMILES string of the molecule is CCOc1cc(C(=O)N2[C@H]3CC[C@H]2COC3)ccc1C(=O)NC[C@@H](O)[C@@H]1Cc2ccc(C)cc2CN1C(=O)OC(C)(C)C.